The molecule has 7 heteroatoms. The molecule has 0 radical (unpaired) electrons. The van der Waals surface area contributed by atoms with Crippen LogP contribution in [0.4, 0.5) is 5.69 Å². The molecular weight excluding hydrogens is 382 g/mol. The summed E-state index contributed by atoms with van der Waals surface area (Å²) in [5, 5.41) is 5.63. The summed E-state index contributed by atoms with van der Waals surface area (Å²) in [6.45, 7) is 1.08. The minimum absolute atomic E-state index is 0.189. The number of amides is 2. The summed E-state index contributed by atoms with van der Waals surface area (Å²) in [4.78, 5) is 26.9. The second-order valence-electron chi connectivity index (χ2n) is 6.88. The highest BCUT2D eigenvalue weighted by Gasteiger charge is 2.14. The quantitative estimate of drug-likeness (QED) is 0.569. The molecule has 0 fully saturated rings. The van der Waals surface area contributed by atoms with E-state index in [0.717, 1.165) is 11.3 Å². The smallest absolute Gasteiger partial charge is 0.253 e. The second kappa shape index (κ2) is 10.3. The van der Waals surface area contributed by atoms with E-state index in [4.69, 9.17) is 9.15 Å². The number of hydrogen-bond donors (Lipinski definition) is 2. The van der Waals surface area contributed by atoms with Crippen LogP contribution in [0.1, 0.15) is 21.7 Å². The van der Waals surface area contributed by atoms with Crippen LogP contribution in [0.25, 0.3) is 0 Å². The van der Waals surface area contributed by atoms with Gasteiger partial charge in [0.25, 0.3) is 5.91 Å². The fourth-order valence-electron chi connectivity index (χ4n) is 3.00. The molecule has 3 aromatic rings. The Bertz CT molecular complexity index is 968. The molecule has 7 nitrogen and oxygen atoms in total. The average molecular weight is 407 g/mol. The first-order chi connectivity index (χ1) is 14.5. The highest BCUT2D eigenvalue weighted by molar-refractivity contribution is 6.04. The molecule has 0 aliphatic carbocycles. The number of rotatable bonds is 9. The van der Waals surface area contributed by atoms with Crippen molar-refractivity contribution in [3.05, 3.63) is 83.8 Å². The minimum atomic E-state index is -0.283. The molecule has 1 heterocycles. The van der Waals surface area contributed by atoms with Gasteiger partial charge < -0.3 is 19.8 Å². The zero-order chi connectivity index (χ0) is 21.3. The molecule has 156 valence electrons. The van der Waals surface area contributed by atoms with Crippen LogP contribution < -0.4 is 15.4 Å². The lowest BCUT2D eigenvalue weighted by atomic mass is 10.1. The van der Waals surface area contributed by atoms with Gasteiger partial charge in [0.1, 0.15) is 11.5 Å². The van der Waals surface area contributed by atoms with Crippen LogP contribution in [0.2, 0.25) is 0 Å². The molecule has 2 N–H and O–H groups in total. The van der Waals surface area contributed by atoms with E-state index in [0.29, 0.717) is 23.6 Å². The number of carbonyl (C=O) groups excluding carboxylic acids is 2. The topological polar surface area (TPSA) is 83.8 Å². The molecule has 0 spiro atoms. The average Bonchev–Trinajstić information content (AvgIpc) is 3.26. The summed E-state index contributed by atoms with van der Waals surface area (Å²) >= 11 is 0. The summed E-state index contributed by atoms with van der Waals surface area (Å²) in [6, 6.07) is 18.2. The van der Waals surface area contributed by atoms with Crippen molar-refractivity contribution in [2.24, 2.45) is 0 Å². The Morgan fingerprint density at radius 1 is 1.03 bits per heavy atom. The Balaban J connectivity index is 1.55. The molecule has 3 rings (SSSR count). The predicted octanol–water partition coefficient (Wildman–Crippen LogP) is 3.29. The number of nitrogens with one attached hydrogen (secondary N) is 2. The fourth-order valence-corrected chi connectivity index (χ4v) is 3.00. The number of furan rings is 1. The van der Waals surface area contributed by atoms with E-state index in [9.17, 15) is 9.59 Å². The van der Waals surface area contributed by atoms with Gasteiger partial charge in [-0.25, -0.2) is 0 Å². The van der Waals surface area contributed by atoms with E-state index in [1.54, 1.807) is 49.8 Å². The van der Waals surface area contributed by atoms with Crippen LogP contribution in [0, 0.1) is 0 Å². The van der Waals surface area contributed by atoms with Gasteiger partial charge in [-0.3, -0.25) is 14.5 Å². The van der Waals surface area contributed by atoms with Gasteiger partial charge in [-0.05, 0) is 49.0 Å². The highest BCUT2D eigenvalue weighted by Crippen LogP contribution is 2.16. The summed E-state index contributed by atoms with van der Waals surface area (Å²) in [5.41, 5.74) is 1.94. The molecule has 0 saturated heterocycles. The maximum absolute atomic E-state index is 12.5. The molecule has 2 aromatic carbocycles. The lowest BCUT2D eigenvalue weighted by molar-refractivity contribution is -0.117. The molecule has 0 aliphatic heterocycles. The molecular formula is C23H25N3O4. The molecule has 0 saturated carbocycles. The van der Waals surface area contributed by atoms with Gasteiger partial charge in [-0.15, -0.1) is 0 Å². The van der Waals surface area contributed by atoms with Gasteiger partial charge in [0, 0.05) is 6.54 Å². The molecule has 1 aromatic heterocycles. The number of likely N-dealkylation sites (N-methyl/N-ethyl adjacent to an activating group) is 1. The third-order valence-corrected chi connectivity index (χ3v) is 4.47. The third kappa shape index (κ3) is 5.96. The Kier molecular flexibility index (Phi) is 7.24. The van der Waals surface area contributed by atoms with Gasteiger partial charge in [-0.1, -0.05) is 24.3 Å². The van der Waals surface area contributed by atoms with E-state index in [2.05, 4.69) is 10.6 Å². The summed E-state index contributed by atoms with van der Waals surface area (Å²) in [6.07, 6.45) is 1.55. The normalized spacial score (nSPS) is 10.6. The first kappa shape index (κ1) is 21.1. The molecule has 0 aliphatic rings. The van der Waals surface area contributed by atoms with Crippen molar-refractivity contribution in [1.29, 1.82) is 0 Å². The van der Waals surface area contributed by atoms with E-state index >= 15 is 0 Å². The Hall–Kier alpha value is -3.58. The van der Waals surface area contributed by atoms with Crippen molar-refractivity contribution in [3.63, 3.8) is 0 Å². The Labute approximate surface area is 175 Å². The van der Waals surface area contributed by atoms with Crippen LogP contribution in [-0.2, 0) is 17.9 Å². The minimum Gasteiger partial charge on any atom is -0.497 e. The third-order valence-electron chi connectivity index (χ3n) is 4.47. The van der Waals surface area contributed by atoms with Gasteiger partial charge >= 0.3 is 0 Å². The van der Waals surface area contributed by atoms with Crippen LogP contribution in [-0.4, -0.2) is 37.4 Å². The molecule has 30 heavy (non-hydrogen) atoms. The molecule has 0 bridgehead atoms. The van der Waals surface area contributed by atoms with E-state index < -0.39 is 0 Å². The number of methoxy groups -OCH3 is 1. The largest absolute Gasteiger partial charge is 0.497 e. The SMILES string of the molecule is COc1ccc(CN(C)CC(=O)Nc2ccccc2C(=O)NCc2ccco2)cc1. The zero-order valence-corrected chi connectivity index (χ0v) is 17.1. The van der Waals surface area contributed by atoms with E-state index in [1.165, 1.54) is 0 Å². The number of nitrogens with zero attached hydrogens (tertiary/aromatic N) is 1. The van der Waals surface area contributed by atoms with Gasteiger partial charge in [-0.2, -0.15) is 0 Å². The fraction of sp³-hybridized carbons (Fsp3) is 0.217. The van der Waals surface area contributed by atoms with Gasteiger partial charge in [0.2, 0.25) is 5.91 Å². The van der Waals surface area contributed by atoms with Crippen molar-refractivity contribution in [1.82, 2.24) is 10.2 Å². The van der Waals surface area contributed by atoms with Crippen molar-refractivity contribution in [2.45, 2.75) is 13.1 Å². The maximum atomic E-state index is 12.5. The zero-order valence-electron chi connectivity index (χ0n) is 17.1. The molecule has 0 unspecified atom stereocenters. The Morgan fingerprint density at radius 2 is 1.80 bits per heavy atom. The van der Waals surface area contributed by atoms with Crippen LogP contribution >= 0.6 is 0 Å². The number of benzene rings is 2. The summed E-state index contributed by atoms with van der Waals surface area (Å²) in [5.74, 6) is 0.970. The number of hydrogen-bond acceptors (Lipinski definition) is 5. The number of carbonyl (C=O) groups is 2. The van der Waals surface area contributed by atoms with Crippen molar-refractivity contribution >= 4 is 17.5 Å². The number of anilines is 1. The van der Waals surface area contributed by atoms with Crippen LogP contribution in [0.3, 0.4) is 0 Å². The van der Waals surface area contributed by atoms with Crippen molar-refractivity contribution in [3.8, 4) is 5.75 Å². The lowest BCUT2D eigenvalue weighted by Gasteiger charge is -2.17. The van der Waals surface area contributed by atoms with Crippen molar-refractivity contribution < 1.29 is 18.7 Å². The first-order valence-electron chi connectivity index (χ1n) is 9.56. The monoisotopic (exact) mass is 407 g/mol. The highest BCUT2D eigenvalue weighted by atomic mass is 16.5. The second-order valence-corrected chi connectivity index (χ2v) is 6.88. The Morgan fingerprint density at radius 3 is 2.50 bits per heavy atom. The number of para-hydroxylation sites is 1. The van der Waals surface area contributed by atoms with Gasteiger partial charge in [0.05, 0.1) is 37.7 Å². The molecule has 0 atom stereocenters. The number of ether oxygens (including phenoxy) is 1. The van der Waals surface area contributed by atoms with E-state index in [1.807, 2.05) is 36.2 Å². The first-order valence-corrected chi connectivity index (χ1v) is 9.56. The standard InChI is InChI=1S/C23H25N3O4/c1-26(15-17-9-11-18(29-2)12-10-17)16-22(27)25-21-8-4-3-7-20(21)23(28)24-14-19-6-5-13-30-19/h3-13H,14-16H2,1-2H3,(H,24,28)(H,25,27). The van der Waals surface area contributed by atoms with E-state index in [-0.39, 0.29) is 24.9 Å². The van der Waals surface area contributed by atoms with Gasteiger partial charge in [0.15, 0.2) is 0 Å². The summed E-state index contributed by atoms with van der Waals surface area (Å²) in [7, 11) is 3.49. The molecule has 2 amide bonds. The summed E-state index contributed by atoms with van der Waals surface area (Å²) < 4.78 is 10.4. The van der Waals surface area contributed by atoms with Crippen LogP contribution in [0.5, 0.6) is 5.75 Å². The van der Waals surface area contributed by atoms with Crippen LogP contribution in [0.15, 0.2) is 71.3 Å². The predicted molar refractivity (Wildman–Crippen MR) is 114 cm³/mol. The lowest BCUT2D eigenvalue weighted by Crippen LogP contribution is -2.31. The maximum Gasteiger partial charge on any atom is 0.253 e. The van der Waals surface area contributed by atoms with Crippen molar-refractivity contribution in [2.75, 3.05) is 26.0 Å².